The Kier molecular flexibility index (Phi) is 3.70. The molecule has 0 fully saturated rings. The first-order chi connectivity index (χ1) is 7.75. The second-order valence-electron chi connectivity index (χ2n) is 3.55. The molecule has 0 saturated carbocycles. The Morgan fingerprint density at radius 3 is 2.88 bits per heavy atom. The van der Waals surface area contributed by atoms with E-state index in [0.29, 0.717) is 10.7 Å². The molecule has 0 amide bonds. The molecule has 2 aromatic rings. The third kappa shape index (κ3) is 2.90. The molecule has 0 radical (unpaired) electrons. The summed E-state index contributed by atoms with van der Waals surface area (Å²) in [5.74, 6) is 0. The fourth-order valence-corrected chi connectivity index (χ4v) is 2.41. The van der Waals surface area contributed by atoms with E-state index < -0.39 is 0 Å². The lowest BCUT2D eigenvalue weighted by Crippen LogP contribution is -2.04. The Hall–Kier alpha value is -1.19. The standard InChI is InChI=1S/C12H13ClN2S/c13-11-7-10(14)1-2-12(11)15-5-3-9-4-6-16-8-9/h1-2,4,6-8,15H,3,5,14H2. The quantitative estimate of drug-likeness (QED) is 0.816. The van der Waals surface area contributed by atoms with Crippen LogP contribution in [0.15, 0.2) is 35.0 Å². The zero-order valence-electron chi connectivity index (χ0n) is 8.74. The molecule has 4 heteroatoms. The molecule has 0 bridgehead atoms. The van der Waals surface area contributed by atoms with Gasteiger partial charge in [0.1, 0.15) is 0 Å². The Morgan fingerprint density at radius 2 is 2.19 bits per heavy atom. The summed E-state index contributed by atoms with van der Waals surface area (Å²) in [6.45, 7) is 0.875. The fraction of sp³-hybridized carbons (Fsp3) is 0.167. The second-order valence-corrected chi connectivity index (χ2v) is 4.73. The van der Waals surface area contributed by atoms with Gasteiger partial charge in [-0.25, -0.2) is 0 Å². The van der Waals surface area contributed by atoms with Crippen LogP contribution in [0.4, 0.5) is 11.4 Å². The monoisotopic (exact) mass is 252 g/mol. The van der Waals surface area contributed by atoms with Gasteiger partial charge in [-0.3, -0.25) is 0 Å². The molecule has 0 atom stereocenters. The number of nitrogen functional groups attached to an aromatic ring is 1. The third-order valence-electron chi connectivity index (χ3n) is 2.30. The van der Waals surface area contributed by atoms with Crippen LogP contribution in [0.2, 0.25) is 5.02 Å². The van der Waals surface area contributed by atoms with Gasteiger partial charge in [-0.15, -0.1) is 0 Å². The Balaban J connectivity index is 1.90. The average molecular weight is 253 g/mol. The molecule has 84 valence electrons. The molecule has 0 unspecified atom stereocenters. The van der Waals surface area contributed by atoms with Crippen LogP contribution < -0.4 is 11.1 Å². The minimum atomic E-state index is 0.672. The van der Waals surface area contributed by atoms with E-state index in [1.165, 1.54) is 5.56 Å². The van der Waals surface area contributed by atoms with Gasteiger partial charge in [0.05, 0.1) is 10.7 Å². The highest BCUT2D eigenvalue weighted by atomic mass is 35.5. The molecular formula is C12H13ClN2S. The topological polar surface area (TPSA) is 38.0 Å². The van der Waals surface area contributed by atoms with Crippen molar-refractivity contribution in [1.29, 1.82) is 0 Å². The summed E-state index contributed by atoms with van der Waals surface area (Å²) < 4.78 is 0. The maximum atomic E-state index is 6.05. The number of halogens is 1. The van der Waals surface area contributed by atoms with E-state index in [9.17, 15) is 0 Å². The van der Waals surface area contributed by atoms with E-state index in [2.05, 4.69) is 22.1 Å². The van der Waals surface area contributed by atoms with Crippen LogP contribution in [0.3, 0.4) is 0 Å². The smallest absolute Gasteiger partial charge is 0.0657 e. The van der Waals surface area contributed by atoms with Gasteiger partial charge >= 0.3 is 0 Å². The molecule has 2 nitrogen and oxygen atoms in total. The highest BCUT2D eigenvalue weighted by molar-refractivity contribution is 7.07. The molecule has 16 heavy (non-hydrogen) atoms. The Labute approximate surface area is 104 Å². The SMILES string of the molecule is Nc1ccc(NCCc2ccsc2)c(Cl)c1. The first-order valence-electron chi connectivity index (χ1n) is 5.05. The number of hydrogen-bond acceptors (Lipinski definition) is 3. The highest BCUT2D eigenvalue weighted by Crippen LogP contribution is 2.23. The predicted molar refractivity (Wildman–Crippen MR) is 72.4 cm³/mol. The molecule has 0 spiro atoms. The van der Waals surface area contributed by atoms with Crippen LogP contribution in [0.25, 0.3) is 0 Å². The lowest BCUT2D eigenvalue weighted by atomic mass is 10.2. The maximum Gasteiger partial charge on any atom is 0.0657 e. The molecule has 0 aliphatic carbocycles. The first-order valence-corrected chi connectivity index (χ1v) is 6.38. The lowest BCUT2D eigenvalue weighted by molar-refractivity contribution is 1.03. The van der Waals surface area contributed by atoms with Gasteiger partial charge in [-0.05, 0) is 47.0 Å². The molecular weight excluding hydrogens is 240 g/mol. The van der Waals surface area contributed by atoms with Crippen molar-refractivity contribution in [2.75, 3.05) is 17.6 Å². The van der Waals surface area contributed by atoms with Crippen molar-refractivity contribution >= 4 is 34.3 Å². The highest BCUT2D eigenvalue weighted by Gasteiger charge is 2.00. The number of benzene rings is 1. The largest absolute Gasteiger partial charge is 0.399 e. The van der Waals surface area contributed by atoms with Gasteiger partial charge in [-0.2, -0.15) is 11.3 Å². The molecule has 1 aromatic heterocycles. The second kappa shape index (κ2) is 5.23. The van der Waals surface area contributed by atoms with E-state index in [1.807, 2.05) is 12.1 Å². The van der Waals surface area contributed by atoms with Crippen LogP contribution in [0.5, 0.6) is 0 Å². The minimum absolute atomic E-state index is 0.672. The van der Waals surface area contributed by atoms with Gasteiger partial charge in [0.25, 0.3) is 0 Å². The van der Waals surface area contributed by atoms with Crippen molar-refractivity contribution in [3.8, 4) is 0 Å². The number of thiophene rings is 1. The number of rotatable bonds is 4. The fourth-order valence-electron chi connectivity index (χ4n) is 1.45. The van der Waals surface area contributed by atoms with E-state index in [4.69, 9.17) is 17.3 Å². The molecule has 0 aliphatic heterocycles. The zero-order chi connectivity index (χ0) is 11.4. The van der Waals surface area contributed by atoms with Crippen LogP contribution in [0, 0.1) is 0 Å². The molecule has 0 saturated heterocycles. The normalized spacial score (nSPS) is 10.3. The number of nitrogens with two attached hydrogens (primary N) is 1. The maximum absolute atomic E-state index is 6.05. The van der Waals surface area contributed by atoms with E-state index in [1.54, 1.807) is 17.4 Å². The van der Waals surface area contributed by atoms with Gasteiger partial charge in [0.2, 0.25) is 0 Å². The number of anilines is 2. The van der Waals surface area contributed by atoms with Crippen molar-refractivity contribution < 1.29 is 0 Å². The Bertz CT molecular complexity index is 454. The summed E-state index contributed by atoms with van der Waals surface area (Å²) >= 11 is 7.77. The summed E-state index contributed by atoms with van der Waals surface area (Å²) in [5.41, 5.74) is 8.60. The van der Waals surface area contributed by atoms with Crippen molar-refractivity contribution in [3.63, 3.8) is 0 Å². The summed E-state index contributed by atoms with van der Waals surface area (Å²) in [4.78, 5) is 0. The predicted octanol–water partition coefficient (Wildman–Crippen LogP) is 3.64. The third-order valence-corrected chi connectivity index (χ3v) is 3.35. The lowest BCUT2D eigenvalue weighted by Gasteiger charge is -2.08. The zero-order valence-corrected chi connectivity index (χ0v) is 10.3. The van der Waals surface area contributed by atoms with Crippen LogP contribution in [0.1, 0.15) is 5.56 Å². The number of hydrogen-bond donors (Lipinski definition) is 2. The van der Waals surface area contributed by atoms with Crippen molar-refractivity contribution in [1.82, 2.24) is 0 Å². The van der Waals surface area contributed by atoms with Gasteiger partial charge < -0.3 is 11.1 Å². The average Bonchev–Trinajstić information content (AvgIpc) is 2.74. The van der Waals surface area contributed by atoms with Crippen molar-refractivity contribution in [3.05, 3.63) is 45.6 Å². The van der Waals surface area contributed by atoms with Gasteiger partial charge in [-0.1, -0.05) is 11.6 Å². The van der Waals surface area contributed by atoms with Crippen molar-refractivity contribution in [2.45, 2.75) is 6.42 Å². The first kappa shape index (κ1) is 11.3. The molecule has 3 N–H and O–H groups in total. The van der Waals surface area contributed by atoms with E-state index in [-0.39, 0.29) is 0 Å². The Morgan fingerprint density at radius 1 is 1.31 bits per heavy atom. The number of nitrogens with one attached hydrogen (secondary N) is 1. The molecule has 2 rings (SSSR count). The van der Waals surface area contributed by atoms with Gasteiger partial charge in [0.15, 0.2) is 0 Å². The minimum Gasteiger partial charge on any atom is -0.399 e. The van der Waals surface area contributed by atoms with E-state index >= 15 is 0 Å². The summed E-state index contributed by atoms with van der Waals surface area (Å²) in [5, 5.41) is 8.21. The van der Waals surface area contributed by atoms with E-state index in [0.717, 1.165) is 18.7 Å². The summed E-state index contributed by atoms with van der Waals surface area (Å²) in [6.07, 6.45) is 1.00. The van der Waals surface area contributed by atoms with Crippen LogP contribution >= 0.6 is 22.9 Å². The van der Waals surface area contributed by atoms with Crippen molar-refractivity contribution in [2.24, 2.45) is 0 Å². The molecule has 1 aromatic carbocycles. The molecule has 1 heterocycles. The summed E-state index contributed by atoms with van der Waals surface area (Å²) in [6, 6.07) is 7.65. The molecule has 0 aliphatic rings. The summed E-state index contributed by atoms with van der Waals surface area (Å²) in [7, 11) is 0. The van der Waals surface area contributed by atoms with Crippen LogP contribution in [-0.2, 0) is 6.42 Å². The van der Waals surface area contributed by atoms with Crippen LogP contribution in [-0.4, -0.2) is 6.54 Å². The van der Waals surface area contributed by atoms with Gasteiger partial charge in [0, 0.05) is 12.2 Å².